The molecule has 0 fully saturated rings. The van der Waals surface area contributed by atoms with Crippen LogP contribution in [0.1, 0.15) is 30.7 Å². The van der Waals surface area contributed by atoms with E-state index >= 15 is 0 Å². The fraction of sp³-hybridized carbons (Fsp3) is 0.250. The first-order chi connectivity index (χ1) is 16.7. The number of thioether (sulfide) groups is 1. The van der Waals surface area contributed by atoms with Gasteiger partial charge in [0.1, 0.15) is 17.6 Å². The van der Waals surface area contributed by atoms with Gasteiger partial charge >= 0.3 is 0 Å². The van der Waals surface area contributed by atoms with Gasteiger partial charge in [0.15, 0.2) is 16.7 Å². The first-order valence-electron chi connectivity index (χ1n) is 10.8. The van der Waals surface area contributed by atoms with E-state index in [9.17, 15) is 4.79 Å². The molecule has 1 aliphatic rings. The highest BCUT2D eigenvalue weighted by Crippen LogP contribution is 2.34. The van der Waals surface area contributed by atoms with E-state index in [1.165, 1.54) is 16.8 Å². The zero-order valence-electron chi connectivity index (χ0n) is 18.7. The quantitative estimate of drug-likeness (QED) is 0.341. The normalized spacial score (nSPS) is 15.5. The molecule has 4 aromatic rings. The number of carbonyl (C=O) groups excluding carboxylic acids is 1. The minimum absolute atomic E-state index is 0.139. The molecule has 0 saturated heterocycles. The van der Waals surface area contributed by atoms with Gasteiger partial charge < -0.3 is 13.6 Å². The molecule has 5 rings (SSSR count). The van der Waals surface area contributed by atoms with Gasteiger partial charge in [-0.05, 0) is 61.0 Å². The van der Waals surface area contributed by atoms with E-state index in [0.717, 1.165) is 17.0 Å². The Bertz CT molecular complexity index is 1280. The Kier molecular flexibility index (Phi) is 6.22. The van der Waals surface area contributed by atoms with E-state index in [0.29, 0.717) is 35.5 Å². The lowest BCUT2D eigenvalue weighted by Gasteiger charge is -2.19. The summed E-state index contributed by atoms with van der Waals surface area (Å²) in [5.41, 5.74) is 1.76. The van der Waals surface area contributed by atoms with Gasteiger partial charge in [-0.25, -0.2) is 5.01 Å². The summed E-state index contributed by atoms with van der Waals surface area (Å²) >= 11 is 1.33. The zero-order valence-corrected chi connectivity index (χ0v) is 19.6. The Morgan fingerprint density at radius 3 is 2.59 bits per heavy atom. The summed E-state index contributed by atoms with van der Waals surface area (Å²) in [6.45, 7) is 2.65. The molecular weight excluding hydrogens is 454 g/mol. The van der Waals surface area contributed by atoms with Crippen molar-refractivity contribution in [3.63, 3.8) is 0 Å². The minimum Gasteiger partial charge on any atom is -0.497 e. The van der Waals surface area contributed by atoms with Gasteiger partial charge in [-0.3, -0.25) is 9.36 Å². The molecule has 9 nitrogen and oxygen atoms in total. The van der Waals surface area contributed by atoms with Crippen LogP contribution in [0.5, 0.6) is 5.75 Å². The number of furan rings is 2. The largest absolute Gasteiger partial charge is 0.497 e. The number of benzene rings is 1. The summed E-state index contributed by atoms with van der Waals surface area (Å²) in [5, 5.41) is 15.4. The zero-order chi connectivity index (χ0) is 23.5. The standard InChI is InChI=1S/C24H23N5O4S/c1-3-28-23(21-7-5-13-33-21)25-26-24(28)34-15-22(30)29-19(20-6-4-12-32-20)14-18(27-29)16-8-10-17(31-2)11-9-16/h4-13,19H,3,14-15H2,1-2H3. The predicted octanol–water partition coefficient (Wildman–Crippen LogP) is 4.63. The number of amides is 1. The highest BCUT2D eigenvalue weighted by molar-refractivity contribution is 7.99. The molecule has 1 amide bonds. The summed E-state index contributed by atoms with van der Waals surface area (Å²) < 4.78 is 18.3. The maximum Gasteiger partial charge on any atom is 0.253 e. The second-order valence-electron chi connectivity index (χ2n) is 7.57. The highest BCUT2D eigenvalue weighted by Gasteiger charge is 2.35. The van der Waals surface area contributed by atoms with Gasteiger partial charge in [0.25, 0.3) is 5.91 Å². The number of hydrogen-bond acceptors (Lipinski definition) is 8. The number of nitrogens with zero attached hydrogens (tertiary/aromatic N) is 5. The van der Waals surface area contributed by atoms with Crippen molar-refractivity contribution >= 4 is 23.4 Å². The maximum absolute atomic E-state index is 13.3. The Labute approximate surface area is 200 Å². The summed E-state index contributed by atoms with van der Waals surface area (Å²) in [4.78, 5) is 13.3. The molecule has 1 atom stereocenters. The van der Waals surface area contributed by atoms with Gasteiger partial charge in [-0.2, -0.15) is 5.10 Å². The molecule has 4 heterocycles. The van der Waals surface area contributed by atoms with E-state index in [4.69, 9.17) is 13.6 Å². The molecular formula is C24H23N5O4S. The maximum atomic E-state index is 13.3. The van der Waals surface area contributed by atoms with Crippen LogP contribution in [0.3, 0.4) is 0 Å². The van der Waals surface area contributed by atoms with Gasteiger partial charge in [-0.1, -0.05) is 11.8 Å². The van der Waals surface area contributed by atoms with Crippen LogP contribution in [-0.4, -0.2) is 44.3 Å². The summed E-state index contributed by atoms with van der Waals surface area (Å²) in [5.74, 6) is 2.76. The summed E-state index contributed by atoms with van der Waals surface area (Å²) in [6, 6.07) is 14.7. The van der Waals surface area contributed by atoms with Gasteiger partial charge in [0.2, 0.25) is 0 Å². The van der Waals surface area contributed by atoms with Crippen molar-refractivity contribution in [1.29, 1.82) is 0 Å². The van der Waals surface area contributed by atoms with Crippen molar-refractivity contribution in [3.05, 3.63) is 72.4 Å². The lowest BCUT2D eigenvalue weighted by molar-refractivity contribution is -0.130. The van der Waals surface area contributed by atoms with Crippen LogP contribution < -0.4 is 4.74 Å². The van der Waals surface area contributed by atoms with Gasteiger partial charge in [0, 0.05) is 13.0 Å². The molecule has 1 unspecified atom stereocenters. The Morgan fingerprint density at radius 1 is 1.12 bits per heavy atom. The van der Waals surface area contributed by atoms with Crippen LogP contribution in [0.15, 0.2) is 80.1 Å². The third kappa shape index (κ3) is 4.24. The Balaban J connectivity index is 1.36. The van der Waals surface area contributed by atoms with E-state index in [1.807, 2.05) is 54.0 Å². The predicted molar refractivity (Wildman–Crippen MR) is 127 cm³/mol. The molecule has 3 aromatic heterocycles. The number of methoxy groups -OCH3 is 1. The van der Waals surface area contributed by atoms with Gasteiger partial charge in [0.05, 0.1) is 31.1 Å². The molecule has 0 aliphatic carbocycles. The van der Waals surface area contributed by atoms with Crippen molar-refractivity contribution in [3.8, 4) is 17.3 Å². The third-order valence-electron chi connectivity index (χ3n) is 5.56. The van der Waals surface area contributed by atoms with Crippen LogP contribution in [0.4, 0.5) is 0 Å². The van der Waals surface area contributed by atoms with Crippen LogP contribution in [0, 0.1) is 0 Å². The average Bonchev–Trinajstić information content (AvgIpc) is 3.68. The first kappa shape index (κ1) is 22.0. The van der Waals surface area contributed by atoms with E-state index in [1.54, 1.807) is 25.7 Å². The SMILES string of the molecule is CCn1c(SCC(=O)N2N=C(c3ccc(OC)cc3)CC2c2ccco2)nnc1-c1ccco1. The Hall–Kier alpha value is -3.79. The number of rotatable bonds is 8. The smallest absolute Gasteiger partial charge is 0.253 e. The van der Waals surface area contributed by atoms with Crippen LogP contribution in [0.25, 0.3) is 11.6 Å². The van der Waals surface area contributed by atoms with Crippen LogP contribution in [-0.2, 0) is 11.3 Å². The molecule has 0 saturated carbocycles. The number of hydrazone groups is 1. The Morgan fingerprint density at radius 2 is 1.91 bits per heavy atom. The number of carbonyl (C=O) groups is 1. The van der Waals surface area contributed by atoms with Crippen LogP contribution >= 0.6 is 11.8 Å². The fourth-order valence-electron chi connectivity index (χ4n) is 3.86. The lowest BCUT2D eigenvalue weighted by Crippen LogP contribution is -2.28. The molecule has 1 aromatic carbocycles. The van der Waals surface area contributed by atoms with Crippen molar-refractivity contribution in [2.75, 3.05) is 12.9 Å². The van der Waals surface area contributed by atoms with E-state index < -0.39 is 0 Å². The van der Waals surface area contributed by atoms with Crippen molar-refractivity contribution in [2.45, 2.75) is 31.1 Å². The van der Waals surface area contributed by atoms with E-state index in [2.05, 4.69) is 15.3 Å². The summed E-state index contributed by atoms with van der Waals surface area (Å²) in [7, 11) is 1.63. The third-order valence-corrected chi connectivity index (χ3v) is 6.51. The molecule has 34 heavy (non-hydrogen) atoms. The molecule has 0 spiro atoms. The average molecular weight is 478 g/mol. The fourth-order valence-corrected chi connectivity index (χ4v) is 4.72. The second kappa shape index (κ2) is 9.60. The highest BCUT2D eigenvalue weighted by atomic mass is 32.2. The molecule has 1 aliphatic heterocycles. The number of hydrogen-bond donors (Lipinski definition) is 0. The first-order valence-corrected chi connectivity index (χ1v) is 11.8. The number of aromatic nitrogens is 3. The number of ether oxygens (including phenoxy) is 1. The lowest BCUT2D eigenvalue weighted by atomic mass is 10.0. The minimum atomic E-state index is -0.303. The monoisotopic (exact) mass is 477 g/mol. The van der Waals surface area contributed by atoms with Crippen molar-refractivity contribution in [1.82, 2.24) is 19.8 Å². The van der Waals surface area contributed by atoms with Crippen molar-refractivity contribution < 1.29 is 18.4 Å². The van der Waals surface area contributed by atoms with Crippen molar-refractivity contribution in [2.24, 2.45) is 5.10 Å². The second-order valence-corrected chi connectivity index (χ2v) is 8.51. The summed E-state index contributed by atoms with van der Waals surface area (Å²) in [6.07, 6.45) is 3.77. The van der Waals surface area contributed by atoms with Gasteiger partial charge in [-0.15, -0.1) is 10.2 Å². The molecule has 174 valence electrons. The molecule has 0 radical (unpaired) electrons. The molecule has 10 heteroatoms. The topological polar surface area (TPSA) is 98.9 Å². The molecule has 0 N–H and O–H groups in total. The van der Waals surface area contributed by atoms with Crippen LogP contribution in [0.2, 0.25) is 0 Å². The molecule has 0 bridgehead atoms. The van der Waals surface area contributed by atoms with E-state index in [-0.39, 0.29) is 17.7 Å².